The highest BCUT2D eigenvalue weighted by molar-refractivity contribution is 7.79. The largest absolute Gasteiger partial charge is 0.389 e. The Labute approximate surface area is 167 Å². The standard InChI is InChI=1S/C25H27O2P/c1-20(21-12-5-2-6-13-21)24(25(26)18-11-19-25)28(27,22-14-7-3-8-15-22)23-16-9-4-10-17-23/h2-10,12-17,20,24,26H,11,18-19H2,1H3/t20-,24+/m0/s1. The highest BCUT2D eigenvalue weighted by Crippen LogP contribution is 2.61. The van der Waals surface area contributed by atoms with Crippen molar-refractivity contribution in [3.05, 3.63) is 96.6 Å². The molecule has 28 heavy (non-hydrogen) atoms. The van der Waals surface area contributed by atoms with Gasteiger partial charge in [-0.3, -0.25) is 0 Å². The fraction of sp³-hybridized carbons (Fsp3) is 0.280. The summed E-state index contributed by atoms with van der Waals surface area (Å²) in [7, 11) is -3.09. The maximum absolute atomic E-state index is 15.0. The third-order valence-corrected chi connectivity index (χ3v) is 10.1. The molecule has 4 rings (SSSR count). The van der Waals surface area contributed by atoms with Crippen LogP contribution >= 0.6 is 7.14 Å². The molecule has 1 aliphatic carbocycles. The van der Waals surface area contributed by atoms with Crippen LogP contribution in [0.4, 0.5) is 0 Å². The number of hydrogen-bond donors (Lipinski definition) is 1. The molecule has 3 aromatic rings. The van der Waals surface area contributed by atoms with Gasteiger partial charge in [0.25, 0.3) is 0 Å². The van der Waals surface area contributed by atoms with E-state index in [1.165, 1.54) is 0 Å². The number of aliphatic hydroxyl groups is 1. The molecule has 0 saturated heterocycles. The number of hydrogen-bond acceptors (Lipinski definition) is 2. The maximum atomic E-state index is 15.0. The maximum Gasteiger partial charge on any atom is 0.149 e. The molecular weight excluding hydrogens is 363 g/mol. The second kappa shape index (κ2) is 7.70. The lowest BCUT2D eigenvalue weighted by atomic mass is 9.73. The van der Waals surface area contributed by atoms with Gasteiger partial charge in [-0.25, -0.2) is 0 Å². The van der Waals surface area contributed by atoms with Gasteiger partial charge in [0.15, 0.2) is 0 Å². The average Bonchev–Trinajstić information content (AvgIpc) is 2.74. The van der Waals surface area contributed by atoms with Crippen molar-refractivity contribution in [3.8, 4) is 0 Å². The lowest BCUT2D eigenvalue weighted by molar-refractivity contribution is -0.0408. The summed E-state index contributed by atoms with van der Waals surface area (Å²) in [5, 5.41) is 13.2. The molecule has 3 aromatic carbocycles. The zero-order chi connectivity index (χ0) is 19.6. The van der Waals surface area contributed by atoms with Gasteiger partial charge in [-0.1, -0.05) is 97.9 Å². The van der Waals surface area contributed by atoms with Crippen LogP contribution in [0.15, 0.2) is 91.0 Å². The molecule has 0 aromatic heterocycles. The van der Waals surface area contributed by atoms with Crippen molar-refractivity contribution >= 4 is 17.8 Å². The van der Waals surface area contributed by atoms with Crippen molar-refractivity contribution in [1.29, 1.82) is 0 Å². The van der Waals surface area contributed by atoms with Crippen LogP contribution in [0, 0.1) is 0 Å². The van der Waals surface area contributed by atoms with E-state index in [2.05, 4.69) is 19.1 Å². The summed E-state index contributed by atoms with van der Waals surface area (Å²) in [6, 6.07) is 29.7. The van der Waals surface area contributed by atoms with Crippen LogP contribution in [0.5, 0.6) is 0 Å². The summed E-state index contributed by atoms with van der Waals surface area (Å²) in [4.78, 5) is 0. The third kappa shape index (κ3) is 3.26. The summed E-state index contributed by atoms with van der Waals surface area (Å²) in [6.07, 6.45) is 2.40. The van der Waals surface area contributed by atoms with Crippen LogP contribution < -0.4 is 10.6 Å². The molecule has 3 heteroatoms. The van der Waals surface area contributed by atoms with E-state index in [4.69, 9.17) is 0 Å². The van der Waals surface area contributed by atoms with Crippen LogP contribution in [0.3, 0.4) is 0 Å². The van der Waals surface area contributed by atoms with E-state index >= 15 is 4.57 Å². The number of rotatable bonds is 6. The molecule has 1 saturated carbocycles. The molecule has 1 aliphatic rings. The van der Waals surface area contributed by atoms with Gasteiger partial charge in [0, 0.05) is 10.6 Å². The van der Waals surface area contributed by atoms with Crippen LogP contribution in [0.1, 0.15) is 37.7 Å². The van der Waals surface area contributed by atoms with E-state index in [0.717, 1.165) is 22.6 Å². The summed E-state index contributed by atoms with van der Waals surface area (Å²) in [5.41, 5.74) is -0.142. The Balaban J connectivity index is 1.94. The van der Waals surface area contributed by atoms with Gasteiger partial charge >= 0.3 is 0 Å². The van der Waals surface area contributed by atoms with Gasteiger partial charge in [0.05, 0.1) is 11.3 Å². The predicted octanol–water partition coefficient (Wildman–Crippen LogP) is 5.09. The van der Waals surface area contributed by atoms with E-state index < -0.39 is 12.7 Å². The van der Waals surface area contributed by atoms with E-state index in [-0.39, 0.29) is 11.6 Å². The Morgan fingerprint density at radius 3 is 1.61 bits per heavy atom. The third-order valence-electron chi connectivity index (χ3n) is 6.24. The van der Waals surface area contributed by atoms with Crippen molar-refractivity contribution in [2.45, 2.75) is 43.4 Å². The molecule has 0 aliphatic heterocycles. The van der Waals surface area contributed by atoms with Gasteiger partial charge in [0.2, 0.25) is 0 Å². The Hall–Kier alpha value is -2.15. The topological polar surface area (TPSA) is 37.3 Å². The summed E-state index contributed by atoms with van der Waals surface area (Å²) < 4.78 is 15.0. The first kappa shape index (κ1) is 19.2. The van der Waals surface area contributed by atoms with Crippen molar-refractivity contribution < 1.29 is 9.67 Å². The fourth-order valence-electron chi connectivity index (χ4n) is 4.66. The molecule has 0 radical (unpaired) electrons. The summed E-state index contributed by atoms with van der Waals surface area (Å²) in [6.45, 7) is 2.12. The molecule has 0 amide bonds. The highest BCUT2D eigenvalue weighted by Gasteiger charge is 2.54. The Morgan fingerprint density at radius 2 is 1.21 bits per heavy atom. The summed E-state index contributed by atoms with van der Waals surface area (Å²) >= 11 is 0. The molecule has 144 valence electrons. The second-order valence-electron chi connectivity index (χ2n) is 7.93. The van der Waals surface area contributed by atoms with E-state index in [0.29, 0.717) is 12.8 Å². The normalized spacial score (nSPS) is 18.1. The highest BCUT2D eigenvalue weighted by atomic mass is 31.2. The Bertz CT molecular complexity index is 906. The molecule has 0 bridgehead atoms. The smallest absolute Gasteiger partial charge is 0.149 e. The SMILES string of the molecule is C[C@@H](c1ccccc1)[C@H](C1(O)CCC1)P(=O)(c1ccccc1)c1ccccc1. The van der Waals surface area contributed by atoms with Crippen molar-refractivity contribution in [2.24, 2.45) is 0 Å². The van der Waals surface area contributed by atoms with Crippen LogP contribution in [-0.4, -0.2) is 16.4 Å². The molecule has 1 N–H and O–H groups in total. The fourth-order valence-corrected chi connectivity index (χ4v) is 8.57. The lowest BCUT2D eigenvalue weighted by Crippen LogP contribution is -2.52. The molecule has 2 nitrogen and oxygen atoms in total. The zero-order valence-corrected chi connectivity index (χ0v) is 17.1. The molecule has 2 atom stereocenters. The Morgan fingerprint density at radius 1 is 0.786 bits per heavy atom. The van der Waals surface area contributed by atoms with Gasteiger partial charge in [0.1, 0.15) is 7.14 Å². The minimum Gasteiger partial charge on any atom is -0.389 e. The minimum absolute atomic E-state index is 0.0299. The van der Waals surface area contributed by atoms with E-state index in [1.54, 1.807) is 0 Å². The molecular formula is C25H27O2P. The molecule has 0 heterocycles. The average molecular weight is 390 g/mol. The van der Waals surface area contributed by atoms with Crippen LogP contribution in [0.25, 0.3) is 0 Å². The van der Waals surface area contributed by atoms with Crippen molar-refractivity contribution in [3.63, 3.8) is 0 Å². The minimum atomic E-state index is -3.09. The van der Waals surface area contributed by atoms with Crippen molar-refractivity contribution in [2.75, 3.05) is 0 Å². The zero-order valence-electron chi connectivity index (χ0n) is 16.2. The van der Waals surface area contributed by atoms with Gasteiger partial charge < -0.3 is 9.67 Å². The Kier molecular flexibility index (Phi) is 5.27. The van der Waals surface area contributed by atoms with Gasteiger partial charge in [-0.15, -0.1) is 0 Å². The first-order chi connectivity index (χ1) is 13.6. The lowest BCUT2D eigenvalue weighted by Gasteiger charge is -2.49. The molecule has 0 unspecified atom stereocenters. The molecule has 0 spiro atoms. The monoisotopic (exact) mass is 390 g/mol. The predicted molar refractivity (Wildman–Crippen MR) is 117 cm³/mol. The van der Waals surface area contributed by atoms with E-state index in [9.17, 15) is 5.11 Å². The van der Waals surface area contributed by atoms with Gasteiger partial charge in [-0.2, -0.15) is 0 Å². The van der Waals surface area contributed by atoms with Gasteiger partial charge in [-0.05, 0) is 30.7 Å². The quantitative estimate of drug-likeness (QED) is 0.596. The van der Waals surface area contributed by atoms with Crippen LogP contribution in [-0.2, 0) is 4.57 Å². The second-order valence-corrected chi connectivity index (χ2v) is 10.8. The summed E-state index contributed by atoms with van der Waals surface area (Å²) in [5.74, 6) is -0.0299. The molecule has 1 fully saturated rings. The first-order valence-corrected chi connectivity index (χ1v) is 11.8. The van der Waals surface area contributed by atoms with Crippen LogP contribution in [0.2, 0.25) is 0 Å². The van der Waals surface area contributed by atoms with Crippen molar-refractivity contribution in [1.82, 2.24) is 0 Å². The van der Waals surface area contributed by atoms with E-state index in [1.807, 2.05) is 78.9 Å². The first-order valence-electron chi connectivity index (χ1n) is 10.0. The number of benzene rings is 3.